The molecular formula is C19H14Cl2N2O4S. The SMILES string of the molecule is O=C(O)Cc1nccc2c(S(=O)(=O)N3CCc4ccc(Cl)cc43)cc(Cl)cc12. The second-order valence-electron chi connectivity index (χ2n) is 6.43. The van der Waals surface area contributed by atoms with E-state index in [1.54, 1.807) is 18.2 Å². The van der Waals surface area contributed by atoms with Crippen molar-refractivity contribution in [3.63, 3.8) is 0 Å². The third kappa shape index (κ3) is 3.19. The molecule has 6 nitrogen and oxygen atoms in total. The first-order chi connectivity index (χ1) is 13.3. The Kier molecular flexibility index (Phi) is 4.69. The second-order valence-corrected chi connectivity index (χ2v) is 9.13. The maximum absolute atomic E-state index is 13.5. The van der Waals surface area contributed by atoms with Gasteiger partial charge in [0.05, 0.1) is 22.7 Å². The lowest BCUT2D eigenvalue weighted by Gasteiger charge is -2.21. The van der Waals surface area contributed by atoms with Crippen molar-refractivity contribution in [1.29, 1.82) is 0 Å². The number of anilines is 1. The third-order valence-corrected chi connectivity index (χ3v) is 6.98. The summed E-state index contributed by atoms with van der Waals surface area (Å²) in [5.41, 5.74) is 1.70. The highest BCUT2D eigenvalue weighted by molar-refractivity contribution is 7.93. The number of benzene rings is 2. The van der Waals surface area contributed by atoms with Gasteiger partial charge in [0, 0.05) is 33.6 Å². The molecule has 0 amide bonds. The van der Waals surface area contributed by atoms with Gasteiger partial charge in [-0.05, 0) is 42.3 Å². The fourth-order valence-corrected chi connectivity index (χ4v) is 5.64. The van der Waals surface area contributed by atoms with Crippen LogP contribution >= 0.6 is 23.2 Å². The molecular weight excluding hydrogens is 423 g/mol. The number of carboxylic acid groups (broad SMARTS) is 1. The fourth-order valence-electron chi connectivity index (χ4n) is 3.46. The van der Waals surface area contributed by atoms with Gasteiger partial charge in [-0.25, -0.2) is 8.42 Å². The van der Waals surface area contributed by atoms with Crippen molar-refractivity contribution < 1.29 is 18.3 Å². The lowest BCUT2D eigenvalue weighted by atomic mass is 10.1. The Labute approximate surface area is 171 Å². The van der Waals surface area contributed by atoms with E-state index < -0.39 is 16.0 Å². The van der Waals surface area contributed by atoms with Gasteiger partial charge >= 0.3 is 5.97 Å². The van der Waals surface area contributed by atoms with Crippen molar-refractivity contribution in [2.75, 3.05) is 10.8 Å². The van der Waals surface area contributed by atoms with E-state index in [4.69, 9.17) is 28.3 Å². The summed E-state index contributed by atoms with van der Waals surface area (Å²) in [5, 5.41) is 10.5. The summed E-state index contributed by atoms with van der Waals surface area (Å²) < 4.78 is 28.3. The normalized spacial score (nSPS) is 13.7. The quantitative estimate of drug-likeness (QED) is 0.669. The molecule has 0 unspecified atom stereocenters. The Balaban J connectivity index is 1.92. The topological polar surface area (TPSA) is 87.6 Å². The highest BCUT2D eigenvalue weighted by Gasteiger charge is 2.32. The fraction of sp³-hybridized carbons (Fsp3) is 0.158. The summed E-state index contributed by atoms with van der Waals surface area (Å²) in [5.74, 6) is -1.06. The predicted octanol–water partition coefficient (Wildman–Crippen LogP) is 3.92. The first-order valence-corrected chi connectivity index (χ1v) is 10.6. The van der Waals surface area contributed by atoms with Crippen LogP contribution in [0.2, 0.25) is 10.0 Å². The Bertz CT molecular complexity index is 1230. The van der Waals surface area contributed by atoms with Gasteiger partial charge in [0.15, 0.2) is 0 Å². The van der Waals surface area contributed by atoms with Crippen molar-refractivity contribution in [3.05, 3.63) is 63.9 Å². The van der Waals surface area contributed by atoms with Gasteiger partial charge in [-0.1, -0.05) is 29.3 Å². The average molecular weight is 437 g/mol. The number of hydrogen-bond donors (Lipinski definition) is 1. The summed E-state index contributed by atoms with van der Waals surface area (Å²) in [7, 11) is -3.95. The zero-order valence-corrected chi connectivity index (χ0v) is 16.7. The van der Waals surface area contributed by atoms with Crippen LogP contribution < -0.4 is 4.31 Å². The average Bonchev–Trinajstić information content (AvgIpc) is 3.05. The van der Waals surface area contributed by atoms with Crippen molar-refractivity contribution in [2.45, 2.75) is 17.7 Å². The van der Waals surface area contributed by atoms with Gasteiger partial charge in [0.1, 0.15) is 0 Å². The van der Waals surface area contributed by atoms with E-state index in [1.165, 1.54) is 22.6 Å². The maximum atomic E-state index is 13.5. The molecule has 0 spiro atoms. The van der Waals surface area contributed by atoms with Gasteiger partial charge in [-0.3, -0.25) is 14.1 Å². The first kappa shape index (κ1) is 19.0. The van der Waals surface area contributed by atoms with Crippen LogP contribution in [-0.4, -0.2) is 31.0 Å². The third-order valence-electron chi connectivity index (χ3n) is 4.68. The number of carboxylic acids is 1. The van der Waals surface area contributed by atoms with Crippen molar-refractivity contribution >= 4 is 55.7 Å². The highest BCUT2D eigenvalue weighted by atomic mass is 35.5. The Morgan fingerprint density at radius 3 is 2.64 bits per heavy atom. The van der Waals surface area contributed by atoms with Crippen LogP contribution in [0.5, 0.6) is 0 Å². The minimum Gasteiger partial charge on any atom is -0.481 e. The standard InChI is InChI=1S/C19H14Cl2N2O4S/c20-12-2-1-11-4-6-23(17(11)8-12)28(26,27)18-9-13(21)7-15-14(18)3-5-22-16(15)10-19(24)25/h1-3,5,7-9H,4,6,10H2,(H,24,25). The molecule has 144 valence electrons. The van der Waals surface area contributed by atoms with Gasteiger partial charge < -0.3 is 5.11 Å². The smallest absolute Gasteiger partial charge is 0.309 e. The first-order valence-electron chi connectivity index (χ1n) is 8.37. The monoisotopic (exact) mass is 436 g/mol. The molecule has 9 heteroatoms. The molecule has 2 aromatic carbocycles. The van der Waals surface area contributed by atoms with E-state index in [0.29, 0.717) is 34.4 Å². The van der Waals surface area contributed by atoms with Gasteiger partial charge in [-0.15, -0.1) is 0 Å². The molecule has 2 heterocycles. The van der Waals surface area contributed by atoms with Crippen molar-refractivity contribution in [2.24, 2.45) is 0 Å². The summed E-state index contributed by atoms with van der Waals surface area (Å²) in [6, 6.07) is 9.65. The van der Waals surface area contributed by atoms with Gasteiger partial charge in [0.2, 0.25) is 0 Å². The zero-order valence-electron chi connectivity index (χ0n) is 14.4. The van der Waals surface area contributed by atoms with Crippen LogP contribution in [-0.2, 0) is 27.7 Å². The Morgan fingerprint density at radius 1 is 1.11 bits per heavy atom. The van der Waals surface area contributed by atoms with E-state index in [2.05, 4.69) is 4.98 Å². The molecule has 0 radical (unpaired) electrons. The molecule has 1 N–H and O–H groups in total. The van der Waals surface area contributed by atoms with E-state index in [1.807, 2.05) is 6.07 Å². The van der Waals surface area contributed by atoms with Crippen LogP contribution in [0.25, 0.3) is 10.8 Å². The van der Waals surface area contributed by atoms with Gasteiger partial charge in [0.25, 0.3) is 10.0 Å². The number of rotatable bonds is 4. The number of fused-ring (bicyclic) bond motifs is 2. The molecule has 0 aliphatic carbocycles. The zero-order chi connectivity index (χ0) is 20.1. The molecule has 0 saturated carbocycles. The molecule has 1 aromatic heterocycles. The molecule has 3 aromatic rings. The number of pyridine rings is 1. The summed E-state index contributed by atoms with van der Waals surface area (Å²) in [6.07, 6.45) is 1.65. The summed E-state index contributed by atoms with van der Waals surface area (Å²) in [6.45, 7) is 0.291. The minimum absolute atomic E-state index is 0.0110. The molecule has 0 fully saturated rings. The van der Waals surface area contributed by atoms with E-state index in [0.717, 1.165) is 5.56 Å². The predicted molar refractivity (Wildman–Crippen MR) is 108 cm³/mol. The molecule has 4 rings (SSSR count). The summed E-state index contributed by atoms with van der Waals surface area (Å²) in [4.78, 5) is 15.2. The Hall–Kier alpha value is -2.35. The van der Waals surface area contributed by atoms with Crippen LogP contribution in [0.15, 0.2) is 47.5 Å². The maximum Gasteiger partial charge on any atom is 0.309 e. The Morgan fingerprint density at radius 2 is 1.89 bits per heavy atom. The van der Waals surface area contributed by atoms with E-state index >= 15 is 0 Å². The number of carbonyl (C=O) groups is 1. The number of nitrogens with zero attached hydrogens (tertiary/aromatic N) is 2. The molecule has 0 saturated heterocycles. The molecule has 1 aliphatic heterocycles. The number of aromatic nitrogens is 1. The van der Waals surface area contributed by atoms with Crippen LogP contribution in [0.1, 0.15) is 11.3 Å². The number of hydrogen-bond acceptors (Lipinski definition) is 4. The number of halogens is 2. The van der Waals surface area contributed by atoms with Crippen molar-refractivity contribution in [3.8, 4) is 0 Å². The molecule has 0 atom stereocenters. The minimum atomic E-state index is -3.95. The second kappa shape index (κ2) is 6.92. The number of sulfonamides is 1. The molecule has 28 heavy (non-hydrogen) atoms. The largest absolute Gasteiger partial charge is 0.481 e. The number of aliphatic carboxylic acids is 1. The molecule has 1 aliphatic rings. The van der Waals surface area contributed by atoms with E-state index in [-0.39, 0.29) is 22.0 Å². The van der Waals surface area contributed by atoms with Crippen LogP contribution in [0, 0.1) is 0 Å². The van der Waals surface area contributed by atoms with Crippen LogP contribution in [0.4, 0.5) is 5.69 Å². The van der Waals surface area contributed by atoms with Crippen molar-refractivity contribution in [1.82, 2.24) is 4.98 Å². The van der Waals surface area contributed by atoms with E-state index in [9.17, 15) is 13.2 Å². The van der Waals surface area contributed by atoms with Gasteiger partial charge in [-0.2, -0.15) is 0 Å². The lowest BCUT2D eigenvalue weighted by Crippen LogP contribution is -2.29. The summed E-state index contributed by atoms with van der Waals surface area (Å²) >= 11 is 12.3. The molecule has 0 bridgehead atoms. The van der Waals surface area contributed by atoms with Crippen LogP contribution in [0.3, 0.4) is 0 Å². The lowest BCUT2D eigenvalue weighted by molar-refractivity contribution is -0.136. The highest BCUT2D eigenvalue weighted by Crippen LogP contribution is 2.38.